The predicted octanol–water partition coefficient (Wildman–Crippen LogP) is 5.88. The van der Waals surface area contributed by atoms with Crippen molar-refractivity contribution >= 4 is 35.2 Å². The van der Waals surface area contributed by atoms with Gasteiger partial charge in [0.1, 0.15) is 11.9 Å². The van der Waals surface area contributed by atoms with Gasteiger partial charge in [0, 0.05) is 29.8 Å². The van der Waals surface area contributed by atoms with Crippen LogP contribution >= 0.6 is 23.4 Å². The average Bonchev–Trinajstić information content (AvgIpc) is 2.83. The Morgan fingerprint density at radius 2 is 1.57 bits per heavy atom. The van der Waals surface area contributed by atoms with Gasteiger partial charge in [-0.15, -0.1) is 11.8 Å². The standard InChI is InChI=1S/C28H30ClFN2O2S/c1-20(2)31-28(34)26(16-21-10-4-3-5-11-21)32(17-22-12-6-8-14-24(22)29)27(33)19-35-18-23-13-7-9-15-25(23)30/h3-15,20,26H,16-19H2,1-2H3,(H,31,34)/t26-/m1/s1. The van der Waals surface area contributed by atoms with Crippen molar-refractivity contribution in [3.63, 3.8) is 0 Å². The van der Waals surface area contributed by atoms with Gasteiger partial charge in [-0.3, -0.25) is 9.59 Å². The van der Waals surface area contributed by atoms with Crippen LogP contribution in [0.4, 0.5) is 4.39 Å². The summed E-state index contributed by atoms with van der Waals surface area (Å²) in [6, 6.07) is 22.7. The number of carbonyl (C=O) groups is 2. The second-order valence-corrected chi connectivity index (χ2v) is 9.96. The van der Waals surface area contributed by atoms with E-state index in [-0.39, 0.29) is 36.0 Å². The Balaban J connectivity index is 1.86. The number of nitrogens with zero attached hydrogens (tertiary/aromatic N) is 1. The lowest BCUT2D eigenvalue weighted by Crippen LogP contribution is -2.52. The van der Waals surface area contributed by atoms with Gasteiger partial charge in [-0.25, -0.2) is 4.39 Å². The van der Waals surface area contributed by atoms with Crippen LogP contribution in [0.3, 0.4) is 0 Å². The van der Waals surface area contributed by atoms with Gasteiger partial charge in [-0.1, -0.05) is 78.3 Å². The molecule has 3 aromatic rings. The van der Waals surface area contributed by atoms with Gasteiger partial charge >= 0.3 is 0 Å². The quantitative estimate of drug-likeness (QED) is 0.349. The van der Waals surface area contributed by atoms with Crippen molar-refractivity contribution in [1.29, 1.82) is 0 Å². The number of rotatable bonds is 11. The molecule has 0 aliphatic rings. The summed E-state index contributed by atoms with van der Waals surface area (Å²) in [5, 5.41) is 3.50. The summed E-state index contributed by atoms with van der Waals surface area (Å²) >= 11 is 7.74. The van der Waals surface area contributed by atoms with E-state index in [4.69, 9.17) is 11.6 Å². The molecule has 4 nitrogen and oxygen atoms in total. The molecule has 3 rings (SSSR count). The van der Waals surface area contributed by atoms with Crippen LogP contribution in [0, 0.1) is 5.82 Å². The third-order valence-electron chi connectivity index (χ3n) is 5.44. The van der Waals surface area contributed by atoms with Gasteiger partial charge in [0.2, 0.25) is 11.8 Å². The minimum atomic E-state index is -0.724. The van der Waals surface area contributed by atoms with Gasteiger partial charge in [0.15, 0.2) is 0 Å². The molecule has 0 aliphatic carbocycles. The molecule has 0 heterocycles. The van der Waals surface area contributed by atoms with Gasteiger partial charge in [0.25, 0.3) is 0 Å². The number of nitrogens with one attached hydrogen (secondary N) is 1. The third-order valence-corrected chi connectivity index (χ3v) is 6.78. The maximum Gasteiger partial charge on any atom is 0.243 e. The molecule has 0 fully saturated rings. The van der Waals surface area contributed by atoms with Crippen molar-refractivity contribution < 1.29 is 14.0 Å². The van der Waals surface area contributed by atoms with Gasteiger partial charge in [-0.05, 0) is 42.7 Å². The number of carbonyl (C=O) groups excluding carboxylic acids is 2. The largest absolute Gasteiger partial charge is 0.352 e. The molecule has 0 saturated heterocycles. The van der Waals surface area contributed by atoms with Gasteiger partial charge in [-0.2, -0.15) is 0 Å². The van der Waals surface area contributed by atoms with E-state index < -0.39 is 6.04 Å². The lowest BCUT2D eigenvalue weighted by Gasteiger charge is -2.32. The number of benzene rings is 3. The van der Waals surface area contributed by atoms with E-state index in [0.29, 0.717) is 22.8 Å². The molecule has 7 heteroatoms. The summed E-state index contributed by atoms with van der Waals surface area (Å²) in [6.07, 6.45) is 0.369. The molecule has 0 aliphatic heterocycles. The van der Waals surface area contributed by atoms with Crippen LogP contribution in [-0.4, -0.2) is 34.6 Å². The molecular weight excluding hydrogens is 483 g/mol. The minimum Gasteiger partial charge on any atom is -0.352 e. The molecule has 0 bridgehead atoms. The van der Waals surface area contributed by atoms with Crippen molar-refractivity contribution in [3.8, 4) is 0 Å². The monoisotopic (exact) mass is 512 g/mol. The first-order valence-electron chi connectivity index (χ1n) is 11.5. The van der Waals surface area contributed by atoms with Crippen molar-refractivity contribution in [2.75, 3.05) is 5.75 Å². The second kappa shape index (κ2) is 13.3. The van der Waals surface area contributed by atoms with Crippen LogP contribution in [0.2, 0.25) is 5.02 Å². The third kappa shape index (κ3) is 8.11. The highest BCUT2D eigenvalue weighted by Gasteiger charge is 2.31. The molecule has 0 unspecified atom stereocenters. The Morgan fingerprint density at radius 1 is 0.943 bits per heavy atom. The lowest BCUT2D eigenvalue weighted by atomic mass is 10.0. The van der Waals surface area contributed by atoms with Gasteiger partial charge in [0.05, 0.1) is 5.75 Å². The van der Waals surface area contributed by atoms with E-state index in [1.165, 1.54) is 17.8 Å². The van der Waals surface area contributed by atoms with E-state index in [1.807, 2.05) is 62.4 Å². The first-order valence-corrected chi connectivity index (χ1v) is 13.1. The summed E-state index contributed by atoms with van der Waals surface area (Å²) in [7, 11) is 0. The summed E-state index contributed by atoms with van der Waals surface area (Å²) in [4.78, 5) is 28.5. The molecule has 3 aromatic carbocycles. The van der Waals surface area contributed by atoms with Crippen LogP contribution in [0.25, 0.3) is 0 Å². The maximum atomic E-state index is 14.0. The number of hydrogen-bond donors (Lipinski definition) is 1. The average molecular weight is 513 g/mol. The summed E-state index contributed by atoms with van der Waals surface area (Å²) in [5.41, 5.74) is 2.26. The smallest absolute Gasteiger partial charge is 0.243 e. The molecule has 0 saturated carbocycles. The Kier molecular flexibility index (Phi) is 10.2. The summed E-state index contributed by atoms with van der Waals surface area (Å²) < 4.78 is 14.0. The van der Waals surface area contributed by atoms with Crippen LogP contribution in [-0.2, 0) is 28.3 Å². The van der Waals surface area contributed by atoms with Crippen LogP contribution < -0.4 is 5.32 Å². The molecule has 0 radical (unpaired) electrons. The van der Waals surface area contributed by atoms with Crippen molar-refractivity contribution in [2.45, 2.75) is 44.6 Å². The van der Waals surface area contributed by atoms with Crippen LogP contribution in [0.1, 0.15) is 30.5 Å². The predicted molar refractivity (Wildman–Crippen MR) is 142 cm³/mol. The Hall–Kier alpha value is -2.83. The van der Waals surface area contributed by atoms with E-state index in [0.717, 1.165) is 11.1 Å². The molecule has 1 N–H and O–H groups in total. The molecule has 1 atom stereocenters. The fraction of sp³-hybridized carbons (Fsp3) is 0.286. The van der Waals surface area contributed by atoms with Crippen molar-refractivity contribution in [2.24, 2.45) is 0 Å². The maximum absolute atomic E-state index is 14.0. The number of amides is 2. The Morgan fingerprint density at radius 3 is 2.23 bits per heavy atom. The molecule has 0 aromatic heterocycles. The normalized spacial score (nSPS) is 11.8. The SMILES string of the molecule is CC(C)NC(=O)[C@@H](Cc1ccccc1)N(Cc1ccccc1Cl)C(=O)CSCc1ccccc1F. The first-order chi connectivity index (χ1) is 16.8. The van der Waals surface area contributed by atoms with E-state index in [9.17, 15) is 14.0 Å². The topological polar surface area (TPSA) is 49.4 Å². The van der Waals surface area contributed by atoms with E-state index in [1.54, 1.807) is 29.2 Å². The van der Waals surface area contributed by atoms with Crippen LogP contribution in [0.5, 0.6) is 0 Å². The highest BCUT2D eigenvalue weighted by Crippen LogP contribution is 2.22. The lowest BCUT2D eigenvalue weighted by molar-refractivity contribution is -0.139. The molecule has 2 amide bonds. The summed E-state index contributed by atoms with van der Waals surface area (Å²) in [6.45, 7) is 3.98. The zero-order chi connectivity index (χ0) is 25.2. The number of halogens is 2. The van der Waals surface area contributed by atoms with Crippen molar-refractivity contribution in [1.82, 2.24) is 10.2 Å². The minimum absolute atomic E-state index is 0.0755. The highest BCUT2D eigenvalue weighted by molar-refractivity contribution is 7.99. The fourth-order valence-corrected chi connectivity index (χ4v) is 4.78. The fourth-order valence-electron chi connectivity index (χ4n) is 3.69. The number of thioether (sulfide) groups is 1. The van der Waals surface area contributed by atoms with E-state index >= 15 is 0 Å². The number of hydrogen-bond acceptors (Lipinski definition) is 3. The van der Waals surface area contributed by atoms with Crippen molar-refractivity contribution in [3.05, 3.63) is 106 Å². The zero-order valence-electron chi connectivity index (χ0n) is 19.9. The Labute approximate surface area is 215 Å². The molecular formula is C28H30ClFN2O2S. The zero-order valence-corrected chi connectivity index (χ0v) is 21.5. The molecule has 184 valence electrons. The second-order valence-electron chi connectivity index (χ2n) is 8.57. The van der Waals surface area contributed by atoms with Gasteiger partial charge < -0.3 is 10.2 Å². The van der Waals surface area contributed by atoms with E-state index in [2.05, 4.69) is 5.32 Å². The van der Waals surface area contributed by atoms with Crippen LogP contribution in [0.15, 0.2) is 78.9 Å². The highest BCUT2D eigenvalue weighted by atomic mass is 35.5. The molecule has 35 heavy (non-hydrogen) atoms. The first kappa shape index (κ1) is 26.8. The summed E-state index contributed by atoms with van der Waals surface area (Å²) in [5.74, 6) is -0.244. The Bertz CT molecular complexity index is 1130. The molecule has 0 spiro atoms.